The van der Waals surface area contributed by atoms with Crippen molar-refractivity contribution in [1.29, 1.82) is 0 Å². The summed E-state index contributed by atoms with van der Waals surface area (Å²) in [6.07, 6.45) is -8.64. The smallest absolute Gasteiger partial charge is 0.347 e. The Hall–Kier alpha value is -2.62. The molecule has 2 nitrogen and oxygen atoms in total. The number of benzene rings is 2. The molecule has 0 radical (unpaired) electrons. The van der Waals surface area contributed by atoms with Crippen molar-refractivity contribution in [3.05, 3.63) is 59.3 Å². The summed E-state index contributed by atoms with van der Waals surface area (Å²) >= 11 is 0. The van der Waals surface area contributed by atoms with Gasteiger partial charge < -0.3 is 10.3 Å². The molecule has 3 rings (SSSR count). The van der Waals surface area contributed by atoms with Gasteiger partial charge in [-0.2, -0.15) is 26.3 Å². The van der Waals surface area contributed by atoms with Gasteiger partial charge in [0, 0.05) is 34.8 Å². The van der Waals surface area contributed by atoms with Crippen molar-refractivity contribution in [2.45, 2.75) is 45.7 Å². The molecule has 0 saturated heterocycles. The summed E-state index contributed by atoms with van der Waals surface area (Å²) in [7, 11) is 0. The normalized spacial score (nSPS) is 14.2. The van der Waals surface area contributed by atoms with Crippen LogP contribution in [0.5, 0.6) is 0 Å². The van der Waals surface area contributed by atoms with E-state index in [0.717, 1.165) is 30.5 Å². The summed E-state index contributed by atoms with van der Waals surface area (Å²) in [6, 6.07) is 1.18. The highest BCUT2D eigenvalue weighted by Crippen LogP contribution is 2.42. The van der Waals surface area contributed by atoms with Gasteiger partial charge in [0.2, 0.25) is 0 Å². The minimum absolute atomic E-state index is 0.0866. The molecule has 2 N–H and O–H groups in total. The number of hydrogen-bond donors (Lipinski definition) is 1. The molecule has 0 amide bonds. The fourth-order valence-electron chi connectivity index (χ4n) is 3.60. The SMILES string of the molecule is CC(C)(C)Cn1cc([C@H](N)C(F)(F)F)c2cc(F)c(-c3ccc(F)cc3C(F)(F)F)cc21. The van der Waals surface area contributed by atoms with E-state index in [4.69, 9.17) is 5.73 Å². The van der Waals surface area contributed by atoms with Crippen LogP contribution in [0.2, 0.25) is 0 Å². The van der Waals surface area contributed by atoms with E-state index in [1.807, 2.05) is 20.8 Å². The molecule has 1 heterocycles. The predicted molar refractivity (Wildman–Crippen MR) is 105 cm³/mol. The predicted octanol–water partition coefficient (Wildman–Crippen LogP) is 7.21. The lowest BCUT2D eigenvalue weighted by atomic mass is 9.95. The second kappa shape index (κ2) is 7.75. The molecular weight excluding hydrogens is 444 g/mol. The van der Waals surface area contributed by atoms with Crippen molar-refractivity contribution < 1.29 is 35.1 Å². The maximum absolute atomic E-state index is 15.0. The third-order valence-electron chi connectivity index (χ3n) is 4.91. The molecule has 174 valence electrons. The Bertz CT molecular complexity index is 1150. The maximum Gasteiger partial charge on any atom is 0.417 e. The first-order valence-electron chi connectivity index (χ1n) is 9.51. The van der Waals surface area contributed by atoms with Crippen molar-refractivity contribution in [3.8, 4) is 11.1 Å². The van der Waals surface area contributed by atoms with E-state index in [1.165, 1.54) is 4.57 Å². The highest BCUT2D eigenvalue weighted by Gasteiger charge is 2.40. The summed E-state index contributed by atoms with van der Waals surface area (Å²) in [5.74, 6) is -2.34. The summed E-state index contributed by atoms with van der Waals surface area (Å²) < 4.78 is 110. The zero-order chi connectivity index (χ0) is 24.2. The first kappa shape index (κ1) is 24.0. The first-order valence-corrected chi connectivity index (χ1v) is 9.51. The van der Waals surface area contributed by atoms with Crippen molar-refractivity contribution in [3.63, 3.8) is 0 Å². The lowest BCUT2D eigenvalue weighted by molar-refractivity contribution is -0.148. The number of hydrogen-bond acceptors (Lipinski definition) is 1. The first-order chi connectivity index (χ1) is 14.5. The molecule has 32 heavy (non-hydrogen) atoms. The van der Waals surface area contributed by atoms with Crippen LogP contribution in [0.25, 0.3) is 22.0 Å². The van der Waals surface area contributed by atoms with E-state index in [2.05, 4.69) is 0 Å². The monoisotopic (exact) mass is 464 g/mol. The van der Waals surface area contributed by atoms with Crippen LogP contribution in [0, 0.1) is 17.0 Å². The summed E-state index contributed by atoms with van der Waals surface area (Å²) in [5, 5.41) is -0.156. The van der Waals surface area contributed by atoms with Crippen LogP contribution in [-0.4, -0.2) is 10.7 Å². The quantitative estimate of drug-likeness (QED) is 0.408. The highest BCUT2D eigenvalue weighted by atomic mass is 19.4. The van der Waals surface area contributed by atoms with Crippen LogP contribution in [0.3, 0.4) is 0 Å². The molecule has 0 bridgehead atoms. The number of rotatable bonds is 3. The fraction of sp³-hybridized carbons (Fsp3) is 0.364. The Morgan fingerprint density at radius 1 is 0.906 bits per heavy atom. The third-order valence-corrected chi connectivity index (χ3v) is 4.91. The Morgan fingerprint density at radius 3 is 2.06 bits per heavy atom. The molecule has 0 aliphatic rings. The fourth-order valence-corrected chi connectivity index (χ4v) is 3.60. The number of alkyl halides is 6. The van der Waals surface area contributed by atoms with Gasteiger partial charge in [-0.15, -0.1) is 0 Å². The van der Waals surface area contributed by atoms with Crippen LogP contribution in [0.1, 0.15) is 37.9 Å². The molecule has 3 aromatic rings. The molecule has 0 fully saturated rings. The second-order valence-electron chi connectivity index (χ2n) is 8.83. The highest BCUT2D eigenvalue weighted by molar-refractivity contribution is 5.89. The van der Waals surface area contributed by atoms with Gasteiger partial charge in [-0.3, -0.25) is 0 Å². The van der Waals surface area contributed by atoms with E-state index >= 15 is 0 Å². The van der Waals surface area contributed by atoms with E-state index in [1.54, 1.807) is 0 Å². The van der Waals surface area contributed by atoms with Gasteiger partial charge in [0.05, 0.1) is 5.56 Å². The zero-order valence-electron chi connectivity index (χ0n) is 17.3. The molecule has 1 aromatic heterocycles. The van der Waals surface area contributed by atoms with Crippen LogP contribution < -0.4 is 5.73 Å². The lowest BCUT2D eigenvalue weighted by Crippen LogP contribution is -2.28. The molecular formula is C22H20F8N2. The Balaban J connectivity index is 2.34. The molecule has 0 saturated carbocycles. The van der Waals surface area contributed by atoms with E-state index in [-0.39, 0.29) is 23.5 Å². The number of nitrogens with zero attached hydrogens (tertiary/aromatic N) is 1. The molecule has 0 spiro atoms. The maximum atomic E-state index is 15.0. The van der Waals surface area contributed by atoms with Gasteiger partial charge in [-0.1, -0.05) is 26.8 Å². The Morgan fingerprint density at radius 2 is 1.53 bits per heavy atom. The molecule has 0 aliphatic carbocycles. The van der Waals surface area contributed by atoms with Gasteiger partial charge in [-0.25, -0.2) is 8.78 Å². The van der Waals surface area contributed by atoms with E-state index in [0.29, 0.717) is 0 Å². The summed E-state index contributed by atoms with van der Waals surface area (Å²) in [4.78, 5) is 0. The third kappa shape index (κ3) is 4.74. The Labute approximate surface area is 178 Å². The number of halogens is 8. The Kier molecular flexibility index (Phi) is 5.82. The van der Waals surface area contributed by atoms with E-state index < -0.39 is 57.7 Å². The second-order valence-corrected chi connectivity index (χ2v) is 8.83. The number of aromatic nitrogens is 1. The largest absolute Gasteiger partial charge is 0.417 e. The molecule has 0 unspecified atom stereocenters. The number of nitrogens with two attached hydrogens (primary N) is 1. The topological polar surface area (TPSA) is 30.9 Å². The standard InChI is InChI=1S/C22H20F8N2/c1-20(2,3)10-32-9-15(19(31)22(28,29)30)14-7-17(24)13(8-18(14)32)12-5-4-11(23)6-16(12)21(25,26)27/h4-9,19H,10,31H2,1-3H3/t19-/m0/s1. The average molecular weight is 464 g/mol. The van der Waals surface area contributed by atoms with Crippen LogP contribution in [0.15, 0.2) is 36.5 Å². The van der Waals surface area contributed by atoms with Gasteiger partial charge in [0.15, 0.2) is 0 Å². The average Bonchev–Trinajstić information content (AvgIpc) is 2.94. The van der Waals surface area contributed by atoms with Crippen LogP contribution in [0.4, 0.5) is 35.1 Å². The zero-order valence-corrected chi connectivity index (χ0v) is 17.3. The van der Waals surface area contributed by atoms with Crippen molar-refractivity contribution >= 4 is 10.9 Å². The van der Waals surface area contributed by atoms with Gasteiger partial charge in [-0.05, 0) is 35.2 Å². The molecule has 0 aliphatic heterocycles. The molecule has 1 atom stereocenters. The van der Waals surface area contributed by atoms with Gasteiger partial charge >= 0.3 is 12.4 Å². The van der Waals surface area contributed by atoms with Gasteiger partial charge in [0.25, 0.3) is 0 Å². The summed E-state index contributed by atoms with van der Waals surface area (Å²) in [5.41, 5.74) is 2.11. The van der Waals surface area contributed by atoms with Crippen LogP contribution >= 0.6 is 0 Å². The van der Waals surface area contributed by atoms with Gasteiger partial charge in [0.1, 0.15) is 17.7 Å². The molecule has 10 heteroatoms. The van der Waals surface area contributed by atoms with Crippen LogP contribution in [-0.2, 0) is 12.7 Å². The molecule has 2 aromatic carbocycles. The lowest BCUT2D eigenvalue weighted by Gasteiger charge is -2.20. The summed E-state index contributed by atoms with van der Waals surface area (Å²) in [6.45, 7) is 5.63. The van der Waals surface area contributed by atoms with Crippen molar-refractivity contribution in [1.82, 2.24) is 4.57 Å². The van der Waals surface area contributed by atoms with Crippen molar-refractivity contribution in [2.75, 3.05) is 0 Å². The number of fused-ring (bicyclic) bond motifs is 1. The van der Waals surface area contributed by atoms with E-state index in [9.17, 15) is 35.1 Å². The minimum atomic E-state index is -4.98. The van der Waals surface area contributed by atoms with Crippen molar-refractivity contribution in [2.24, 2.45) is 11.1 Å². The minimum Gasteiger partial charge on any atom is -0.347 e.